The predicted octanol–water partition coefficient (Wildman–Crippen LogP) is 7.61. The first-order valence-electron chi connectivity index (χ1n) is 13.2. The second kappa shape index (κ2) is 12.3. The van der Waals surface area contributed by atoms with Gasteiger partial charge in [0.2, 0.25) is 0 Å². The molecule has 1 amide bonds. The Morgan fingerprint density at radius 3 is 2.05 bits per heavy atom. The molecule has 1 saturated heterocycles. The van der Waals surface area contributed by atoms with E-state index in [1.807, 2.05) is 31.2 Å². The first-order chi connectivity index (χ1) is 18.5. The Morgan fingerprint density at radius 2 is 1.52 bits per heavy atom. The Bertz CT molecular complexity index is 1130. The molecule has 2 aromatic carbocycles. The molecule has 0 aromatic heterocycles. The average Bonchev–Trinajstić information content (AvgIpc) is 2.85. The third-order valence-electron chi connectivity index (χ3n) is 6.87. The second-order valence-electron chi connectivity index (χ2n) is 11.1. The maximum atomic E-state index is 13.3. The van der Waals surface area contributed by atoms with Crippen LogP contribution in [0.1, 0.15) is 69.2 Å². The van der Waals surface area contributed by atoms with E-state index in [1.165, 1.54) is 0 Å². The molecule has 222 valence electrons. The standard InChI is InChI=1S/C29H36F6N2O3/c1-6-23-15-22(36-17-18-11-20(28(30,31)32)14-21(12-18)29(33,34)35)16-24(37(23)26(38)40-27(2,3)4)13-19-9-7-8-10-25(19)39-5/h7-12,14,22-24,36H,6,13,15-17H2,1-5H3/t22-,23+,24-/m0/s1. The van der Waals surface area contributed by atoms with E-state index in [9.17, 15) is 31.1 Å². The third-order valence-corrected chi connectivity index (χ3v) is 6.87. The average molecular weight is 575 g/mol. The number of rotatable bonds is 7. The summed E-state index contributed by atoms with van der Waals surface area (Å²) in [6.07, 6.45) is -8.40. The molecule has 0 radical (unpaired) electrons. The monoisotopic (exact) mass is 574 g/mol. The van der Waals surface area contributed by atoms with Gasteiger partial charge in [-0.3, -0.25) is 0 Å². The summed E-state index contributed by atoms with van der Waals surface area (Å²) in [6.45, 7) is 7.06. The highest BCUT2D eigenvalue weighted by Crippen LogP contribution is 2.37. The topological polar surface area (TPSA) is 50.8 Å². The highest BCUT2D eigenvalue weighted by Gasteiger charge is 2.41. The summed E-state index contributed by atoms with van der Waals surface area (Å²) < 4.78 is 91.2. The summed E-state index contributed by atoms with van der Waals surface area (Å²) in [5.74, 6) is 0.651. The third kappa shape index (κ3) is 8.28. The number of alkyl halides is 6. The number of hydrogen-bond donors (Lipinski definition) is 1. The lowest BCUT2D eigenvalue weighted by atomic mass is 9.86. The van der Waals surface area contributed by atoms with Crippen LogP contribution >= 0.6 is 0 Å². The van der Waals surface area contributed by atoms with E-state index in [2.05, 4.69) is 5.32 Å². The minimum Gasteiger partial charge on any atom is -0.496 e. The van der Waals surface area contributed by atoms with Crippen molar-refractivity contribution in [2.24, 2.45) is 0 Å². The summed E-state index contributed by atoms with van der Waals surface area (Å²) in [5.41, 5.74) is -2.67. The Labute approximate surface area is 230 Å². The summed E-state index contributed by atoms with van der Waals surface area (Å²) >= 11 is 0. The number of carbonyl (C=O) groups is 1. The van der Waals surface area contributed by atoms with Gasteiger partial charge in [-0.25, -0.2) is 4.79 Å². The molecule has 0 bridgehead atoms. The molecule has 0 saturated carbocycles. The van der Waals surface area contributed by atoms with Gasteiger partial charge in [0.25, 0.3) is 0 Å². The van der Waals surface area contributed by atoms with E-state index in [4.69, 9.17) is 9.47 Å². The highest BCUT2D eigenvalue weighted by atomic mass is 19.4. The van der Waals surface area contributed by atoms with Crippen molar-refractivity contribution in [3.63, 3.8) is 0 Å². The van der Waals surface area contributed by atoms with Gasteiger partial charge in [0.1, 0.15) is 11.4 Å². The van der Waals surface area contributed by atoms with E-state index in [-0.39, 0.29) is 36.3 Å². The molecule has 5 nitrogen and oxygen atoms in total. The minimum absolute atomic E-state index is 0.119. The molecule has 1 aliphatic heterocycles. The normalized spacial score (nSPS) is 20.4. The van der Waals surface area contributed by atoms with Gasteiger partial charge in [-0.2, -0.15) is 26.3 Å². The molecule has 1 aliphatic rings. The van der Waals surface area contributed by atoms with Gasteiger partial charge in [-0.05, 0) is 81.8 Å². The van der Waals surface area contributed by atoms with Crippen molar-refractivity contribution in [1.82, 2.24) is 10.2 Å². The van der Waals surface area contributed by atoms with Crippen LogP contribution in [-0.2, 0) is 30.1 Å². The van der Waals surface area contributed by atoms with Crippen LogP contribution in [0.5, 0.6) is 5.75 Å². The lowest BCUT2D eigenvalue weighted by Gasteiger charge is -2.45. The first kappa shape index (κ1) is 31.6. The molecule has 40 heavy (non-hydrogen) atoms. The molecule has 11 heteroatoms. The van der Waals surface area contributed by atoms with E-state index in [0.29, 0.717) is 31.4 Å². The van der Waals surface area contributed by atoms with Gasteiger partial charge >= 0.3 is 18.4 Å². The van der Waals surface area contributed by atoms with Crippen molar-refractivity contribution < 1.29 is 40.6 Å². The van der Waals surface area contributed by atoms with Gasteiger partial charge in [-0.15, -0.1) is 0 Å². The smallest absolute Gasteiger partial charge is 0.416 e. The molecular weight excluding hydrogens is 538 g/mol. The van der Waals surface area contributed by atoms with Gasteiger partial charge in [0.05, 0.1) is 18.2 Å². The van der Waals surface area contributed by atoms with Crippen molar-refractivity contribution in [3.05, 3.63) is 64.7 Å². The van der Waals surface area contributed by atoms with Crippen LogP contribution in [0, 0.1) is 0 Å². The van der Waals surface area contributed by atoms with Gasteiger partial charge in [-0.1, -0.05) is 25.1 Å². The molecule has 0 spiro atoms. The van der Waals surface area contributed by atoms with Gasteiger partial charge in [0.15, 0.2) is 0 Å². The van der Waals surface area contributed by atoms with Crippen molar-refractivity contribution in [2.75, 3.05) is 7.11 Å². The molecule has 1 heterocycles. The lowest BCUT2D eigenvalue weighted by molar-refractivity contribution is -0.143. The number of nitrogens with one attached hydrogen (secondary N) is 1. The number of ether oxygens (including phenoxy) is 2. The number of methoxy groups -OCH3 is 1. The second-order valence-corrected chi connectivity index (χ2v) is 11.1. The Hall–Kier alpha value is -2.95. The van der Waals surface area contributed by atoms with Crippen LogP contribution in [0.4, 0.5) is 31.1 Å². The number of nitrogens with zero attached hydrogens (tertiary/aromatic N) is 1. The highest BCUT2D eigenvalue weighted by molar-refractivity contribution is 5.69. The Kier molecular flexibility index (Phi) is 9.70. The van der Waals surface area contributed by atoms with Crippen molar-refractivity contribution in [2.45, 2.75) is 96.0 Å². The molecule has 1 fully saturated rings. The predicted molar refractivity (Wildman–Crippen MR) is 139 cm³/mol. The number of carbonyl (C=O) groups excluding carboxylic acids is 1. The first-order valence-corrected chi connectivity index (χ1v) is 13.2. The van der Waals surface area contributed by atoms with Crippen LogP contribution in [0.15, 0.2) is 42.5 Å². The zero-order valence-corrected chi connectivity index (χ0v) is 23.2. The fraction of sp³-hybridized carbons (Fsp3) is 0.552. The molecule has 2 aromatic rings. The van der Waals surface area contributed by atoms with Crippen molar-refractivity contribution >= 4 is 6.09 Å². The molecular formula is C29H36F6N2O3. The maximum absolute atomic E-state index is 13.3. The number of piperidine rings is 1. The fourth-order valence-corrected chi connectivity index (χ4v) is 5.11. The van der Waals surface area contributed by atoms with Crippen LogP contribution < -0.4 is 10.1 Å². The minimum atomic E-state index is -4.91. The molecule has 3 atom stereocenters. The van der Waals surface area contributed by atoms with Crippen LogP contribution in [0.3, 0.4) is 0 Å². The van der Waals surface area contributed by atoms with Crippen LogP contribution in [-0.4, -0.2) is 41.8 Å². The molecule has 0 aliphatic carbocycles. The molecule has 1 N–H and O–H groups in total. The van der Waals surface area contributed by atoms with Crippen LogP contribution in [0.25, 0.3) is 0 Å². The van der Waals surface area contributed by atoms with Crippen molar-refractivity contribution in [3.8, 4) is 5.75 Å². The van der Waals surface area contributed by atoms with E-state index < -0.39 is 35.2 Å². The number of halogens is 6. The number of likely N-dealkylation sites (tertiary alicyclic amines) is 1. The largest absolute Gasteiger partial charge is 0.496 e. The quantitative estimate of drug-likeness (QED) is 0.346. The summed E-state index contributed by atoms with van der Waals surface area (Å²) in [6, 6.07) is 8.12. The maximum Gasteiger partial charge on any atom is 0.416 e. The van der Waals surface area contributed by atoms with Crippen molar-refractivity contribution in [1.29, 1.82) is 0 Å². The van der Waals surface area contributed by atoms with E-state index in [1.54, 1.807) is 32.8 Å². The van der Waals surface area contributed by atoms with E-state index >= 15 is 0 Å². The summed E-state index contributed by atoms with van der Waals surface area (Å²) in [7, 11) is 1.55. The fourth-order valence-electron chi connectivity index (χ4n) is 5.11. The zero-order valence-electron chi connectivity index (χ0n) is 23.2. The summed E-state index contributed by atoms with van der Waals surface area (Å²) in [4.78, 5) is 15.1. The SMILES string of the molecule is CC[C@@H]1C[C@H](NCc2cc(C(F)(F)F)cc(C(F)(F)F)c2)C[C@H](Cc2ccccc2OC)N1C(=O)OC(C)(C)C. The van der Waals surface area contributed by atoms with E-state index in [0.717, 1.165) is 17.7 Å². The lowest BCUT2D eigenvalue weighted by Crippen LogP contribution is -2.57. The number of benzene rings is 2. The Balaban J connectivity index is 1.89. The number of para-hydroxylation sites is 1. The van der Waals surface area contributed by atoms with Crippen LogP contribution in [0.2, 0.25) is 0 Å². The molecule has 0 unspecified atom stereocenters. The zero-order chi connectivity index (χ0) is 29.9. The molecule has 3 rings (SSSR count). The number of hydrogen-bond acceptors (Lipinski definition) is 4. The Morgan fingerprint density at radius 1 is 0.950 bits per heavy atom. The van der Waals surface area contributed by atoms with Gasteiger partial charge in [0, 0.05) is 24.7 Å². The summed E-state index contributed by atoms with van der Waals surface area (Å²) in [5, 5.41) is 3.17. The number of amides is 1. The van der Waals surface area contributed by atoms with Gasteiger partial charge < -0.3 is 19.7 Å².